The van der Waals surface area contributed by atoms with Gasteiger partial charge in [0.05, 0.1) is 13.7 Å². The van der Waals surface area contributed by atoms with E-state index >= 15 is 0 Å². The molecule has 0 saturated heterocycles. The van der Waals surface area contributed by atoms with Crippen molar-refractivity contribution in [3.05, 3.63) is 54.1 Å². The minimum atomic E-state index is -0.0858. The number of tetrazole rings is 1. The van der Waals surface area contributed by atoms with Crippen LogP contribution in [0.5, 0.6) is 11.5 Å². The maximum absolute atomic E-state index is 12.8. The van der Waals surface area contributed by atoms with Crippen LogP contribution in [0.2, 0.25) is 0 Å². The predicted octanol–water partition coefficient (Wildman–Crippen LogP) is 2.80. The summed E-state index contributed by atoms with van der Waals surface area (Å²) in [5.74, 6) is 1.75. The molecule has 0 radical (unpaired) electrons. The highest BCUT2D eigenvalue weighted by Gasteiger charge is 2.16. The second-order valence-corrected chi connectivity index (χ2v) is 6.34. The van der Waals surface area contributed by atoms with Crippen LogP contribution < -0.4 is 9.47 Å². The van der Waals surface area contributed by atoms with Gasteiger partial charge in [0, 0.05) is 18.7 Å². The van der Waals surface area contributed by atoms with Gasteiger partial charge in [-0.05, 0) is 36.8 Å². The number of methoxy groups -OCH3 is 1. The Morgan fingerprint density at radius 2 is 1.90 bits per heavy atom. The van der Waals surface area contributed by atoms with Gasteiger partial charge in [0.25, 0.3) is 0 Å². The van der Waals surface area contributed by atoms with Crippen LogP contribution in [0.15, 0.2) is 48.5 Å². The molecule has 0 aliphatic heterocycles. The number of carbonyl (C=O) groups is 1. The Labute approximate surface area is 170 Å². The minimum Gasteiger partial charge on any atom is -0.493 e. The summed E-state index contributed by atoms with van der Waals surface area (Å²) in [6, 6.07) is 15.2. The van der Waals surface area contributed by atoms with E-state index in [-0.39, 0.29) is 12.5 Å². The van der Waals surface area contributed by atoms with Crippen molar-refractivity contribution in [3.8, 4) is 22.9 Å². The molecular weight excluding hydrogens is 370 g/mol. The van der Waals surface area contributed by atoms with Gasteiger partial charge in [-0.25, -0.2) is 0 Å². The highest BCUT2D eigenvalue weighted by molar-refractivity contribution is 5.75. The normalized spacial score (nSPS) is 10.6. The highest BCUT2D eigenvalue weighted by Crippen LogP contribution is 2.28. The smallest absolute Gasteiger partial charge is 0.246 e. The van der Waals surface area contributed by atoms with Gasteiger partial charge >= 0.3 is 0 Å². The molecule has 1 amide bonds. The molecule has 0 spiro atoms. The largest absolute Gasteiger partial charge is 0.493 e. The van der Waals surface area contributed by atoms with Crippen LogP contribution in [0, 0.1) is 0 Å². The molecule has 0 fully saturated rings. The van der Waals surface area contributed by atoms with Crippen LogP contribution in [0.1, 0.15) is 19.4 Å². The van der Waals surface area contributed by atoms with E-state index in [1.54, 1.807) is 12.0 Å². The molecule has 29 heavy (non-hydrogen) atoms. The van der Waals surface area contributed by atoms with Crippen molar-refractivity contribution in [2.45, 2.75) is 26.9 Å². The predicted molar refractivity (Wildman–Crippen MR) is 109 cm³/mol. The van der Waals surface area contributed by atoms with Crippen molar-refractivity contribution in [3.63, 3.8) is 0 Å². The van der Waals surface area contributed by atoms with Crippen molar-refractivity contribution in [1.29, 1.82) is 0 Å². The topological polar surface area (TPSA) is 82.4 Å². The van der Waals surface area contributed by atoms with E-state index in [9.17, 15) is 4.79 Å². The number of amides is 1. The Morgan fingerprint density at radius 1 is 1.10 bits per heavy atom. The average Bonchev–Trinajstić information content (AvgIpc) is 3.22. The second kappa shape index (κ2) is 9.68. The molecule has 0 unspecified atom stereocenters. The fraction of sp³-hybridized carbons (Fsp3) is 0.333. The average molecular weight is 395 g/mol. The lowest BCUT2D eigenvalue weighted by molar-refractivity contribution is -0.132. The molecule has 0 saturated carbocycles. The van der Waals surface area contributed by atoms with Crippen molar-refractivity contribution in [1.82, 2.24) is 25.1 Å². The van der Waals surface area contributed by atoms with E-state index in [0.29, 0.717) is 37.0 Å². The van der Waals surface area contributed by atoms with E-state index in [0.717, 1.165) is 11.1 Å². The molecule has 0 bridgehead atoms. The number of hydrogen-bond donors (Lipinski definition) is 0. The van der Waals surface area contributed by atoms with Crippen LogP contribution in [-0.4, -0.2) is 51.3 Å². The maximum Gasteiger partial charge on any atom is 0.246 e. The van der Waals surface area contributed by atoms with Crippen LogP contribution in [0.25, 0.3) is 11.4 Å². The Morgan fingerprint density at radius 3 is 2.59 bits per heavy atom. The fourth-order valence-corrected chi connectivity index (χ4v) is 2.92. The number of ether oxygens (including phenoxy) is 2. The highest BCUT2D eigenvalue weighted by atomic mass is 16.5. The van der Waals surface area contributed by atoms with Crippen LogP contribution >= 0.6 is 0 Å². The summed E-state index contributed by atoms with van der Waals surface area (Å²) >= 11 is 0. The number of rotatable bonds is 9. The number of benzene rings is 2. The summed E-state index contributed by atoms with van der Waals surface area (Å²) in [7, 11) is 1.60. The van der Waals surface area contributed by atoms with E-state index in [4.69, 9.17) is 9.47 Å². The van der Waals surface area contributed by atoms with Gasteiger partial charge in [-0.2, -0.15) is 4.80 Å². The summed E-state index contributed by atoms with van der Waals surface area (Å²) in [5.41, 5.74) is 1.82. The second-order valence-electron chi connectivity index (χ2n) is 6.34. The summed E-state index contributed by atoms with van der Waals surface area (Å²) in [6.07, 6.45) is 0. The van der Waals surface area contributed by atoms with Gasteiger partial charge in [-0.15, -0.1) is 10.2 Å². The molecule has 3 rings (SSSR count). The first-order valence-corrected chi connectivity index (χ1v) is 9.55. The summed E-state index contributed by atoms with van der Waals surface area (Å²) < 4.78 is 10.9. The minimum absolute atomic E-state index is 0.0296. The molecule has 8 heteroatoms. The van der Waals surface area contributed by atoms with Crippen molar-refractivity contribution in [2.75, 3.05) is 20.3 Å². The third-order valence-corrected chi connectivity index (χ3v) is 4.40. The third kappa shape index (κ3) is 5.10. The lowest BCUT2D eigenvalue weighted by Gasteiger charge is -2.21. The zero-order chi connectivity index (χ0) is 20.6. The number of hydrogen-bond acceptors (Lipinski definition) is 6. The van der Waals surface area contributed by atoms with Crippen LogP contribution in [0.4, 0.5) is 0 Å². The molecular formula is C21H25N5O3. The van der Waals surface area contributed by atoms with Gasteiger partial charge in [0.1, 0.15) is 6.54 Å². The molecule has 3 aromatic rings. The quantitative estimate of drug-likeness (QED) is 0.554. The van der Waals surface area contributed by atoms with E-state index in [1.807, 2.05) is 62.4 Å². The van der Waals surface area contributed by atoms with Gasteiger partial charge < -0.3 is 14.4 Å². The number of carbonyl (C=O) groups excluding carboxylic acids is 1. The van der Waals surface area contributed by atoms with Crippen LogP contribution in [-0.2, 0) is 17.9 Å². The van der Waals surface area contributed by atoms with E-state index < -0.39 is 0 Å². The molecule has 0 atom stereocenters. The van der Waals surface area contributed by atoms with Crippen molar-refractivity contribution < 1.29 is 14.3 Å². The van der Waals surface area contributed by atoms with Gasteiger partial charge in [-0.1, -0.05) is 36.4 Å². The summed E-state index contributed by atoms with van der Waals surface area (Å²) in [6.45, 7) is 5.47. The standard InChI is InChI=1S/C21H25N5O3/c1-4-25(14-16-11-12-18(29-5-2)19(13-16)28-3)20(27)15-26-23-21(22-24-26)17-9-7-6-8-10-17/h6-13H,4-5,14-15H2,1-3H3. The molecule has 152 valence electrons. The maximum atomic E-state index is 12.8. The monoisotopic (exact) mass is 395 g/mol. The number of aromatic nitrogens is 4. The molecule has 0 aliphatic carbocycles. The molecule has 1 heterocycles. The Hall–Kier alpha value is -3.42. The SMILES string of the molecule is CCOc1ccc(CN(CC)C(=O)Cn2nnc(-c3ccccc3)n2)cc1OC. The fourth-order valence-electron chi connectivity index (χ4n) is 2.92. The van der Waals surface area contributed by atoms with Crippen LogP contribution in [0.3, 0.4) is 0 Å². The van der Waals surface area contributed by atoms with Gasteiger partial charge in [-0.3, -0.25) is 4.79 Å². The third-order valence-electron chi connectivity index (χ3n) is 4.40. The van der Waals surface area contributed by atoms with Gasteiger partial charge in [0.2, 0.25) is 11.7 Å². The first-order chi connectivity index (χ1) is 14.1. The summed E-state index contributed by atoms with van der Waals surface area (Å²) in [5, 5.41) is 12.4. The Balaban J connectivity index is 1.67. The van der Waals surface area contributed by atoms with E-state index in [1.165, 1.54) is 4.80 Å². The summed E-state index contributed by atoms with van der Waals surface area (Å²) in [4.78, 5) is 15.8. The first-order valence-electron chi connectivity index (χ1n) is 9.55. The zero-order valence-corrected chi connectivity index (χ0v) is 16.9. The number of nitrogens with zero attached hydrogens (tertiary/aromatic N) is 5. The van der Waals surface area contributed by atoms with Crippen molar-refractivity contribution in [2.24, 2.45) is 0 Å². The molecule has 0 aliphatic rings. The first kappa shape index (κ1) is 20.3. The van der Waals surface area contributed by atoms with Crippen molar-refractivity contribution >= 4 is 5.91 Å². The Bertz CT molecular complexity index is 942. The van der Waals surface area contributed by atoms with E-state index in [2.05, 4.69) is 15.4 Å². The lowest BCUT2D eigenvalue weighted by Crippen LogP contribution is -2.33. The number of likely N-dealkylation sites (N-methyl/N-ethyl adjacent to an activating group) is 1. The molecule has 2 aromatic carbocycles. The van der Waals surface area contributed by atoms with Gasteiger partial charge in [0.15, 0.2) is 11.5 Å². The lowest BCUT2D eigenvalue weighted by atomic mass is 10.2. The molecule has 0 N–H and O–H groups in total. The molecule has 8 nitrogen and oxygen atoms in total. The zero-order valence-electron chi connectivity index (χ0n) is 16.9. The Kier molecular flexibility index (Phi) is 6.78. The molecule has 1 aromatic heterocycles.